The fourth-order valence-corrected chi connectivity index (χ4v) is 4.76. The number of thioether (sulfide) groups is 1. The number of hydrogen-bond acceptors (Lipinski definition) is 7. The number of aromatic nitrogens is 2. The molecule has 0 unspecified atom stereocenters. The SMILES string of the molecule is COc1nc(N2C[C@H]3CSC(N)=N[C@@]3(c3cc(F)ccc3F)C2)nc(C)c1F. The van der Waals surface area contributed by atoms with E-state index in [2.05, 4.69) is 15.0 Å². The topological polar surface area (TPSA) is 76.6 Å². The van der Waals surface area contributed by atoms with Crippen molar-refractivity contribution < 1.29 is 17.9 Å². The summed E-state index contributed by atoms with van der Waals surface area (Å²) in [5.41, 5.74) is 5.17. The summed E-state index contributed by atoms with van der Waals surface area (Å²) in [6, 6.07) is 3.32. The van der Waals surface area contributed by atoms with Crippen LogP contribution in [-0.4, -0.2) is 41.1 Å². The van der Waals surface area contributed by atoms with Crippen LogP contribution in [0.5, 0.6) is 5.88 Å². The normalized spacial score (nSPS) is 24.1. The van der Waals surface area contributed by atoms with Crippen LogP contribution in [0.2, 0.25) is 0 Å². The number of ether oxygens (including phenoxy) is 1. The Morgan fingerprint density at radius 1 is 1.29 bits per heavy atom. The van der Waals surface area contributed by atoms with E-state index in [4.69, 9.17) is 10.5 Å². The Balaban J connectivity index is 1.81. The molecule has 2 N–H and O–H groups in total. The van der Waals surface area contributed by atoms with Crippen LogP contribution in [0, 0.1) is 30.3 Å². The number of aryl methyl sites for hydroxylation is 1. The molecule has 6 nitrogen and oxygen atoms in total. The van der Waals surface area contributed by atoms with Crippen molar-refractivity contribution in [2.45, 2.75) is 12.5 Å². The number of nitrogens with zero attached hydrogens (tertiary/aromatic N) is 4. The summed E-state index contributed by atoms with van der Waals surface area (Å²) in [5, 5.41) is 0.315. The fourth-order valence-electron chi connectivity index (χ4n) is 3.78. The van der Waals surface area contributed by atoms with Gasteiger partial charge in [-0.25, -0.2) is 18.8 Å². The average Bonchev–Trinajstić information content (AvgIpc) is 3.05. The van der Waals surface area contributed by atoms with Crippen molar-refractivity contribution in [2.75, 3.05) is 30.9 Å². The number of hydrogen-bond donors (Lipinski definition) is 1. The molecule has 1 fully saturated rings. The third-order valence-corrected chi connectivity index (χ3v) is 6.09. The molecule has 0 aliphatic carbocycles. The molecule has 0 saturated carbocycles. The number of fused-ring (bicyclic) bond motifs is 1. The van der Waals surface area contributed by atoms with Crippen LogP contribution in [0.3, 0.4) is 0 Å². The molecular formula is C18H18F3N5OS. The smallest absolute Gasteiger partial charge is 0.255 e. The maximum atomic E-state index is 14.7. The molecule has 148 valence electrons. The molecule has 10 heteroatoms. The van der Waals surface area contributed by atoms with Crippen LogP contribution >= 0.6 is 11.8 Å². The Bertz CT molecular complexity index is 972. The quantitative estimate of drug-likeness (QED) is 0.840. The first-order valence-corrected chi connectivity index (χ1v) is 9.59. The Hall–Kier alpha value is -2.49. The van der Waals surface area contributed by atoms with Gasteiger partial charge in [-0.2, -0.15) is 9.37 Å². The minimum Gasteiger partial charge on any atom is -0.479 e. The second kappa shape index (κ2) is 6.84. The van der Waals surface area contributed by atoms with Gasteiger partial charge >= 0.3 is 0 Å². The molecule has 2 atom stereocenters. The number of anilines is 1. The van der Waals surface area contributed by atoms with Crippen molar-refractivity contribution in [3.8, 4) is 5.88 Å². The number of rotatable bonds is 3. The molecule has 1 aromatic heterocycles. The van der Waals surface area contributed by atoms with Gasteiger partial charge in [0.05, 0.1) is 19.3 Å². The third kappa shape index (κ3) is 2.95. The van der Waals surface area contributed by atoms with E-state index >= 15 is 0 Å². The number of benzene rings is 1. The van der Waals surface area contributed by atoms with Crippen LogP contribution in [0.1, 0.15) is 11.3 Å². The first-order chi connectivity index (χ1) is 13.3. The summed E-state index contributed by atoms with van der Waals surface area (Å²) in [6.45, 7) is 2.14. The summed E-state index contributed by atoms with van der Waals surface area (Å²) in [7, 11) is 1.32. The van der Waals surface area contributed by atoms with Gasteiger partial charge in [-0.05, 0) is 25.1 Å². The predicted octanol–water partition coefficient (Wildman–Crippen LogP) is 2.60. The summed E-state index contributed by atoms with van der Waals surface area (Å²) in [5.74, 6) is -1.22. The van der Waals surface area contributed by atoms with Gasteiger partial charge in [0, 0.05) is 23.8 Å². The minimum absolute atomic E-state index is 0.139. The van der Waals surface area contributed by atoms with Crippen molar-refractivity contribution in [3.05, 3.63) is 46.9 Å². The second-order valence-corrected chi connectivity index (χ2v) is 7.86. The molecule has 2 aliphatic heterocycles. The molecule has 2 aliphatic rings. The van der Waals surface area contributed by atoms with Crippen LogP contribution in [0.4, 0.5) is 19.1 Å². The van der Waals surface area contributed by atoms with Crippen LogP contribution in [0.25, 0.3) is 0 Å². The lowest BCUT2D eigenvalue weighted by Crippen LogP contribution is -2.40. The van der Waals surface area contributed by atoms with Crippen LogP contribution < -0.4 is 15.4 Å². The lowest BCUT2D eigenvalue weighted by molar-refractivity contribution is 0.364. The van der Waals surface area contributed by atoms with E-state index in [1.807, 2.05) is 0 Å². The highest BCUT2D eigenvalue weighted by Gasteiger charge is 2.52. The molecule has 0 bridgehead atoms. The molecule has 1 aromatic carbocycles. The number of amidine groups is 1. The summed E-state index contributed by atoms with van der Waals surface area (Å²) in [4.78, 5) is 14.7. The van der Waals surface area contributed by atoms with E-state index in [1.165, 1.54) is 25.8 Å². The van der Waals surface area contributed by atoms with Gasteiger partial charge in [0.25, 0.3) is 5.88 Å². The van der Waals surface area contributed by atoms with Crippen molar-refractivity contribution >= 4 is 22.9 Å². The molecule has 2 aromatic rings. The number of nitrogens with two attached hydrogens (primary N) is 1. The molecule has 0 radical (unpaired) electrons. The zero-order valence-corrected chi connectivity index (χ0v) is 16.1. The highest BCUT2D eigenvalue weighted by Crippen LogP contribution is 2.47. The highest BCUT2D eigenvalue weighted by molar-refractivity contribution is 8.13. The number of halogens is 3. The zero-order valence-electron chi connectivity index (χ0n) is 15.2. The van der Waals surface area contributed by atoms with Gasteiger partial charge in [-0.15, -0.1) is 0 Å². The van der Waals surface area contributed by atoms with E-state index in [-0.39, 0.29) is 35.5 Å². The molecule has 1 saturated heterocycles. The number of aliphatic imine (C=N–C) groups is 1. The zero-order chi connectivity index (χ0) is 20.1. The molecule has 0 spiro atoms. The van der Waals surface area contributed by atoms with Gasteiger partial charge in [-0.3, -0.25) is 0 Å². The maximum Gasteiger partial charge on any atom is 0.255 e. The lowest BCUT2D eigenvalue weighted by Gasteiger charge is -2.34. The standard InChI is InChI=1S/C18H18F3N5OS/c1-9-14(21)15(27-2)24-17(23-9)26-6-10-7-28-16(22)25-18(10,8-26)12-5-11(19)3-4-13(12)20/h3-5,10H,6-8H2,1-2H3,(H2,22,25)/t10-,18-/m0/s1. The van der Waals surface area contributed by atoms with Crippen LogP contribution in [0.15, 0.2) is 23.2 Å². The Labute approximate surface area is 164 Å². The fraction of sp³-hybridized carbons (Fsp3) is 0.389. The molecule has 4 rings (SSSR count). The highest BCUT2D eigenvalue weighted by atomic mass is 32.2. The second-order valence-electron chi connectivity index (χ2n) is 6.82. The molecule has 28 heavy (non-hydrogen) atoms. The van der Waals surface area contributed by atoms with Crippen molar-refractivity contribution in [3.63, 3.8) is 0 Å². The van der Waals surface area contributed by atoms with Gasteiger partial charge in [-0.1, -0.05) is 11.8 Å². The van der Waals surface area contributed by atoms with Gasteiger partial charge in [0.15, 0.2) is 5.17 Å². The first kappa shape index (κ1) is 18.9. The Morgan fingerprint density at radius 3 is 2.82 bits per heavy atom. The molecule has 0 amide bonds. The Morgan fingerprint density at radius 2 is 2.07 bits per heavy atom. The van der Waals surface area contributed by atoms with Gasteiger partial charge in [0.2, 0.25) is 11.8 Å². The average molecular weight is 409 g/mol. The summed E-state index contributed by atoms with van der Waals surface area (Å²) >= 11 is 1.37. The van der Waals surface area contributed by atoms with Crippen molar-refractivity contribution in [1.29, 1.82) is 0 Å². The van der Waals surface area contributed by atoms with Crippen molar-refractivity contribution in [2.24, 2.45) is 16.6 Å². The minimum atomic E-state index is -1.07. The van der Waals surface area contributed by atoms with E-state index in [1.54, 1.807) is 4.90 Å². The predicted molar refractivity (Wildman–Crippen MR) is 101 cm³/mol. The van der Waals surface area contributed by atoms with E-state index in [0.29, 0.717) is 17.5 Å². The lowest BCUT2D eigenvalue weighted by atomic mass is 9.81. The third-order valence-electron chi connectivity index (χ3n) is 5.14. The van der Waals surface area contributed by atoms with Gasteiger partial charge in [0.1, 0.15) is 17.2 Å². The summed E-state index contributed by atoms with van der Waals surface area (Å²) in [6.07, 6.45) is 0. The maximum absolute atomic E-state index is 14.7. The van der Waals surface area contributed by atoms with Crippen molar-refractivity contribution in [1.82, 2.24) is 9.97 Å². The first-order valence-electron chi connectivity index (χ1n) is 8.61. The molecular weight excluding hydrogens is 391 g/mol. The van der Waals surface area contributed by atoms with Crippen LogP contribution in [-0.2, 0) is 5.54 Å². The van der Waals surface area contributed by atoms with Gasteiger partial charge < -0.3 is 15.4 Å². The monoisotopic (exact) mass is 409 g/mol. The van der Waals surface area contributed by atoms with E-state index in [9.17, 15) is 13.2 Å². The van der Waals surface area contributed by atoms with E-state index < -0.39 is 23.0 Å². The molecule has 3 heterocycles. The number of methoxy groups -OCH3 is 1. The summed E-state index contributed by atoms with van der Waals surface area (Å²) < 4.78 is 47.6. The largest absolute Gasteiger partial charge is 0.479 e. The Kier molecular flexibility index (Phi) is 4.60. The van der Waals surface area contributed by atoms with E-state index in [0.717, 1.165) is 18.2 Å².